The Labute approximate surface area is 258 Å². The van der Waals surface area contributed by atoms with E-state index in [-0.39, 0.29) is 6.03 Å². The molecule has 1 heterocycles. The molecule has 2 aliphatic carbocycles. The van der Waals surface area contributed by atoms with Crippen LogP contribution < -0.4 is 14.8 Å². The van der Waals surface area contributed by atoms with Crippen LogP contribution in [0.2, 0.25) is 0 Å². The van der Waals surface area contributed by atoms with Crippen molar-refractivity contribution in [1.82, 2.24) is 15.1 Å². The predicted molar refractivity (Wildman–Crippen MR) is 173 cm³/mol. The van der Waals surface area contributed by atoms with Crippen molar-refractivity contribution in [2.45, 2.75) is 89.6 Å². The molecule has 43 heavy (non-hydrogen) atoms. The number of ether oxygens (including phenoxy) is 1. The SMILES string of the molecule is CS(=O)(=O)Nc1ccc(Oc2ccc(CN3CCC(N(CC4CCCCC4)C(=O)NCC4CCCCC4)CC3)cc2)cc1. The van der Waals surface area contributed by atoms with Gasteiger partial charge in [0.1, 0.15) is 11.5 Å². The number of hydrogen-bond donors (Lipinski definition) is 2. The molecule has 1 aliphatic heterocycles. The average Bonchev–Trinajstić information content (AvgIpc) is 3.01. The van der Waals surface area contributed by atoms with Crippen molar-refractivity contribution in [2.24, 2.45) is 11.8 Å². The summed E-state index contributed by atoms with van der Waals surface area (Å²) >= 11 is 0. The summed E-state index contributed by atoms with van der Waals surface area (Å²) in [5, 5.41) is 3.36. The third-order valence-corrected chi connectivity index (χ3v) is 10.0. The fourth-order valence-electron chi connectivity index (χ4n) is 7.02. The lowest BCUT2D eigenvalue weighted by molar-refractivity contribution is 0.101. The summed E-state index contributed by atoms with van der Waals surface area (Å²) in [6.45, 7) is 4.63. The first-order valence-corrected chi connectivity index (χ1v) is 18.3. The van der Waals surface area contributed by atoms with Crippen LogP contribution in [0.5, 0.6) is 11.5 Å². The maximum Gasteiger partial charge on any atom is 0.317 e. The highest BCUT2D eigenvalue weighted by Crippen LogP contribution is 2.29. The summed E-state index contributed by atoms with van der Waals surface area (Å²) in [5.41, 5.74) is 1.74. The number of urea groups is 1. The second kappa shape index (κ2) is 15.3. The van der Waals surface area contributed by atoms with Crippen molar-refractivity contribution < 1.29 is 17.9 Å². The molecule has 2 N–H and O–H groups in total. The van der Waals surface area contributed by atoms with Gasteiger partial charge in [-0.25, -0.2) is 13.2 Å². The third kappa shape index (κ3) is 10.1. The number of piperidine rings is 1. The molecule has 0 radical (unpaired) electrons. The van der Waals surface area contributed by atoms with Crippen LogP contribution in [-0.4, -0.2) is 62.7 Å². The van der Waals surface area contributed by atoms with Crippen molar-refractivity contribution in [3.63, 3.8) is 0 Å². The van der Waals surface area contributed by atoms with Gasteiger partial charge in [-0.2, -0.15) is 0 Å². The Morgan fingerprint density at radius 2 is 1.37 bits per heavy atom. The number of sulfonamides is 1. The monoisotopic (exact) mass is 610 g/mol. The molecule has 2 aromatic carbocycles. The maximum absolute atomic E-state index is 13.5. The minimum absolute atomic E-state index is 0.173. The Bertz CT molecular complexity index is 1250. The van der Waals surface area contributed by atoms with E-state index in [2.05, 4.69) is 32.0 Å². The molecule has 0 atom stereocenters. The molecule has 9 heteroatoms. The Morgan fingerprint density at radius 1 is 0.814 bits per heavy atom. The van der Waals surface area contributed by atoms with Gasteiger partial charge in [-0.3, -0.25) is 9.62 Å². The van der Waals surface area contributed by atoms with Gasteiger partial charge in [0.05, 0.1) is 6.26 Å². The van der Waals surface area contributed by atoms with Crippen LogP contribution in [0, 0.1) is 11.8 Å². The van der Waals surface area contributed by atoms with E-state index in [4.69, 9.17) is 4.74 Å². The number of hydrogen-bond acceptors (Lipinski definition) is 5. The molecule has 1 saturated heterocycles. The second-order valence-corrected chi connectivity index (χ2v) is 14.7. The van der Waals surface area contributed by atoms with Crippen LogP contribution >= 0.6 is 0 Å². The average molecular weight is 611 g/mol. The number of carbonyl (C=O) groups excluding carboxylic acids is 1. The van der Waals surface area contributed by atoms with Crippen molar-refractivity contribution in [2.75, 3.05) is 37.2 Å². The van der Waals surface area contributed by atoms with E-state index < -0.39 is 10.0 Å². The van der Waals surface area contributed by atoms with Crippen LogP contribution in [-0.2, 0) is 16.6 Å². The van der Waals surface area contributed by atoms with Gasteiger partial charge in [-0.15, -0.1) is 0 Å². The number of nitrogens with zero attached hydrogens (tertiary/aromatic N) is 2. The highest BCUT2D eigenvalue weighted by molar-refractivity contribution is 7.92. The van der Waals surface area contributed by atoms with Gasteiger partial charge < -0.3 is 15.0 Å². The molecule has 8 nitrogen and oxygen atoms in total. The Hall–Kier alpha value is -2.78. The minimum atomic E-state index is -3.31. The molecule has 3 aliphatic rings. The molecular formula is C34H50N4O4S. The molecule has 5 rings (SSSR count). The number of nitrogens with one attached hydrogen (secondary N) is 2. The molecule has 2 amide bonds. The maximum atomic E-state index is 13.5. The molecule has 236 valence electrons. The summed E-state index contributed by atoms with van der Waals surface area (Å²) in [5.74, 6) is 2.69. The predicted octanol–water partition coefficient (Wildman–Crippen LogP) is 6.99. The molecule has 0 bridgehead atoms. The molecule has 0 spiro atoms. The lowest BCUT2D eigenvalue weighted by Crippen LogP contribution is -2.52. The zero-order chi connectivity index (χ0) is 30.1. The van der Waals surface area contributed by atoms with Crippen molar-refractivity contribution in [3.05, 3.63) is 54.1 Å². The van der Waals surface area contributed by atoms with Crippen molar-refractivity contribution in [1.29, 1.82) is 0 Å². The van der Waals surface area contributed by atoms with Gasteiger partial charge in [-0.1, -0.05) is 50.7 Å². The van der Waals surface area contributed by atoms with Gasteiger partial charge in [0.15, 0.2) is 0 Å². The highest BCUT2D eigenvalue weighted by atomic mass is 32.2. The van der Waals surface area contributed by atoms with Crippen molar-refractivity contribution in [3.8, 4) is 11.5 Å². The number of amides is 2. The van der Waals surface area contributed by atoms with Crippen LogP contribution in [0.4, 0.5) is 10.5 Å². The third-order valence-electron chi connectivity index (χ3n) is 9.43. The number of rotatable bonds is 11. The zero-order valence-corrected chi connectivity index (χ0v) is 26.6. The Morgan fingerprint density at radius 3 is 1.95 bits per heavy atom. The van der Waals surface area contributed by atoms with Crippen LogP contribution in [0.3, 0.4) is 0 Å². The van der Waals surface area contributed by atoms with Crippen molar-refractivity contribution >= 4 is 21.7 Å². The Kier molecular flexibility index (Phi) is 11.2. The van der Waals surface area contributed by atoms with Crippen LogP contribution in [0.15, 0.2) is 48.5 Å². The second-order valence-electron chi connectivity index (χ2n) is 13.0. The van der Waals surface area contributed by atoms with E-state index in [0.29, 0.717) is 29.3 Å². The van der Waals surface area contributed by atoms with Crippen LogP contribution in [0.1, 0.15) is 82.6 Å². The lowest BCUT2D eigenvalue weighted by Gasteiger charge is -2.40. The molecule has 3 fully saturated rings. The number of anilines is 1. The normalized spacial score (nSPS) is 19.6. The van der Waals surface area contributed by atoms with E-state index in [1.165, 1.54) is 69.8 Å². The lowest BCUT2D eigenvalue weighted by atomic mass is 9.88. The molecular weight excluding hydrogens is 560 g/mol. The van der Waals surface area contributed by atoms with E-state index in [9.17, 15) is 13.2 Å². The summed E-state index contributed by atoms with van der Waals surface area (Å²) in [6.07, 6.45) is 16.1. The van der Waals surface area contributed by atoms with Gasteiger partial charge in [0, 0.05) is 44.5 Å². The molecule has 2 aromatic rings. The summed E-state index contributed by atoms with van der Waals surface area (Å²) in [4.78, 5) is 18.3. The van der Waals surface area contributed by atoms with E-state index in [1.807, 2.05) is 12.1 Å². The Balaban J connectivity index is 1.10. The topological polar surface area (TPSA) is 91.0 Å². The number of benzene rings is 2. The largest absolute Gasteiger partial charge is 0.457 e. The fraction of sp³-hybridized carbons (Fsp3) is 0.618. The fourth-order valence-corrected chi connectivity index (χ4v) is 7.59. The smallest absolute Gasteiger partial charge is 0.317 e. The minimum Gasteiger partial charge on any atom is -0.457 e. The number of likely N-dealkylation sites (tertiary alicyclic amines) is 1. The molecule has 2 saturated carbocycles. The molecule has 0 unspecified atom stereocenters. The van der Waals surface area contributed by atoms with Gasteiger partial charge >= 0.3 is 6.03 Å². The van der Waals surface area contributed by atoms with E-state index in [1.54, 1.807) is 24.3 Å². The standard InChI is InChI=1S/C34H50N4O4S/c1-43(40,41)36-30-14-18-33(19-15-30)42-32-16-12-29(13-17-32)25-37-22-20-31(21-23-37)38(26-28-10-6-3-7-11-28)34(39)35-24-27-8-4-2-5-9-27/h12-19,27-28,31,36H,2-11,20-26H2,1H3,(H,35,39). The van der Waals surface area contributed by atoms with Gasteiger partial charge in [-0.05, 0) is 92.3 Å². The number of carbonyl (C=O) groups is 1. The first-order chi connectivity index (χ1) is 20.8. The first kappa shape index (κ1) is 31.6. The summed E-state index contributed by atoms with van der Waals surface area (Å²) in [6, 6.07) is 15.5. The highest BCUT2D eigenvalue weighted by Gasteiger charge is 2.30. The summed E-state index contributed by atoms with van der Waals surface area (Å²) in [7, 11) is -3.31. The first-order valence-electron chi connectivity index (χ1n) is 16.4. The van der Waals surface area contributed by atoms with E-state index >= 15 is 0 Å². The zero-order valence-electron chi connectivity index (χ0n) is 25.8. The van der Waals surface area contributed by atoms with Gasteiger partial charge in [0.2, 0.25) is 10.0 Å². The molecule has 0 aromatic heterocycles. The van der Waals surface area contributed by atoms with Gasteiger partial charge in [0.25, 0.3) is 0 Å². The summed E-state index contributed by atoms with van der Waals surface area (Å²) < 4.78 is 31.2. The van der Waals surface area contributed by atoms with Crippen LogP contribution in [0.25, 0.3) is 0 Å². The quantitative estimate of drug-likeness (QED) is 0.286. The van der Waals surface area contributed by atoms with E-state index in [0.717, 1.165) is 57.6 Å².